The minimum absolute atomic E-state index is 0. The third-order valence-electron chi connectivity index (χ3n) is 4.57. The number of phenolic OH excluding ortho intramolecular Hbond substituents is 2. The number of methoxy groups -OCH3 is 1. The van der Waals surface area contributed by atoms with E-state index in [4.69, 9.17) is 34.4 Å². The number of phenols is 2. The van der Waals surface area contributed by atoms with E-state index in [0.717, 1.165) is 26.3 Å². The fraction of sp³-hybridized carbons (Fsp3) is 0.138. The fourth-order valence-electron chi connectivity index (χ4n) is 3.02. The number of pyridine rings is 2. The number of carbonyl (C=O) groups excluding carboxylic acids is 3. The Morgan fingerprint density at radius 3 is 1.43 bits per heavy atom. The van der Waals surface area contributed by atoms with Crippen molar-refractivity contribution in [2.24, 2.45) is 0 Å². The summed E-state index contributed by atoms with van der Waals surface area (Å²) in [4.78, 5) is 35.5. The molecule has 4 rings (SSSR count). The minimum Gasteiger partial charge on any atom is -0.550 e. The molecule has 0 unspecified atom stereocenters. The molecule has 11 nitrogen and oxygen atoms in total. The molecule has 220 valence electrons. The van der Waals surface area contributed by atoms with Crippen molar-refractivity contribution < 1.29 is 66.1 Å². The van der Waals surface area contributed by atoms with E-state index in [2.05, 4.69) is 9.97 Å². The zero-order chi connectivity index (χ0) is 31.1. The third kappa shape index (κ3) is 13.4. The summed E-state index contributed by atoms with van der Waals surface area (Å²) < 4.78 is 18.7. The van der Waals surface area contributed by atoms with Crippen LogP contribution in [0.2, 0.25) is 0 Å². The van der Waals surface area contributed by atoms with Crippen LogP contribution in [0.4, 0.5) is 4.39 Å². The Morgan fingerprint density at radius 2 is 1.07 bits per heavy atom. The summed E-state index contributed by atoms with van der Waals surface area (Å²) in [7, 11) is 1.57. The summed E-state index contributed by atoms with van der Waals surface area (Å²) in [6, 6.07) is 15.9. The van der Waals surface area contributed by atoms with Crippen LogP contribution in [0, 0.1) is 5.82 Å². The van der Waals surface area contributed by atoms with Gasteiger partial charge in [0.15, 0.2) is 0 Å². The van der Waals surface area contributed by atoms with Gasteiger partial charge in [-0.05, 0) is 69.3 Å². The Balaban J connectivity index is 0.00000111. The Bertz CT molecular complexity index is 1420. The van der Waals surface area contributed by atoms with E-state index in [9.17, 15) is 14.6 Å². The van der Waals surface area contributed by atoms with Gasteiger partial charge in [0, 0.05) is 52.6 Å². The fourth-order valence-corrected chi connectivity index (χ4v) is 3.02. The van der Waals surface area contributed by atoms with Gasteiger partial charge in [-0.15, -0.1) is 0 Å². The maximum absolute atomic E-state index is 13.5. The van der Waals surface area contributed by atoms with Crippen LogP contribution in [0.3, 0.4) is 0 Å². The molecule has 2 N–H and O–H groups in total. The zero-order valence-corrected chi connectivity index (χ0v) is 24.0. The van der Waals surface area contributed by atoms with Gasteiger partial charge in [-0.3, -0.25) is 9.97 Å². The van der Waals surface area contributed by atoms with Crippen LogP contribution >= 0.6 is 0 Å². The van der Waals surface area contributed by atoms with Crippen LogP contribution in [-0.2, 0) is 31.5 Å². The Morgan fingerprint density at radius 1 is 0.690 bits per heavy atom. The molecule has 2 aromatic heterocycles. The number of carboxylic acid groups (broad SMARTS) is 3. The molecule has 0 spiro atoms. The SMILES string of the molecule is CC(=O)[O-].CC(=O)[O-].CC(=O)[O-].COc1ccc(O)c(-c2ccc(-c3ccc(-c4cc(F)ccc4O)cn3)nc2)c1.[Mn+3]. The Hall–Kier alpha value is -5.00. The Labute approximate surface area is 251 Å². The standard InChI is InChI=1S/C23H17FN2O3.3C2H4O2.Mn/c1-29-17-5-9-23(28)19(11-17)15-3-7-21(26-13-15)20-6-2-14(12-25-20)18-10-16(24)4-8-22(18)27;3*1-2(3)4;/h2-13,27-28H,1H3;3*1H3,(H,3,4);/q;;;;+3/p-3. The number of aromatic nitrogens is 2. The van der Waals surface area contributed by atoms with Crippen molar-refractivity contribution in [3.63, 3.8) is 0 Å². The van der Waals surface area contributed by atoms with Crippen LogP contribution in [0.25, 0.3) is 33.6 Å². The van der Waals surface area contributed by atoms with Gasteiger partial charge < -0.3 is 44.7 Å². The molecule has 0 aliphatic heterocycles. The first kappa shape index (κ1) is 37.0. The second-order valence-corrected chi connectivity index (χ2v) is 7.88. The van der Waals surface area contributed by atoms with Crippen LogP contribution in [-0.4, -0.2) is 45.2 Å². The van der Waals surface area contributed by atoms with Gasteiger partial charge in [0.05, 0.1) is 18.5 Å². The average Bonchev–Trinajstić information content (AvgIpc) is 2.90. The third-order valence-corrected chi connectivity index (χ3v) is 4.57. The molecule has 0 radical (unpaired) electrons. The van der Waals surface area contributed by atoms with E-state index < -0.39 is 23.7 Å². The predicted octanol–water partition coefficient (Wildman–Crippen LogP) is 1.30. The van der Waals surface area contributed by atoms with E-state index in [1.165, 1.54) is 18.2 Å². The molecule has 0 amide bonds. The smallest absolute Gasteiger partial charge is 0.550 e. The number of benzene rings is 2. The molecule has 0 aliphatic carbocycles. The monoisotopic (exact) mass is 620 g/mol. The van der Waals surface area contributed by atoms with Crippen LogP contribution < -0.4 is 20.1 Å². The van der Waals surface area contributed by atoms with E-state index in [0.29, 0.717) is 33.8 Å². The number of aromatic hydroxyl groups is 2. The largest absolute Gasteiger partial charge is 3.00 e. The van der Waals surface area contributed by atoms with Crippen LogP contribution in [0.5, 0.6) is 17.2 Å². The molecule has 4 aromatic rings. The molecule has 13 heteroatoms. The van der Waals surface area contributed by atoms with Gasteiger partial charge in [0.1, 0.15) is 23.1 Å². The average molecular weight is 620 g/mol. The number of nitrogens with zero attached hydrogens (tertiary/aromatic N) is 2. The normalized spacial score (nSPS) is 9.17. The summed E-state index contributed by atoms with van der Waals surface area (Å²) in [6.07, 6.45) is 3.21. The molecular formula is C29H26FMnN2O9. The molecule has 0 bridgehead atoms. The summed E-state index contributed by atoms with van der Waals surface area (Å²) in [5.41, 5.74) is 3.61. The number of rotatable bonds is 4. The van der Waals surface area contributed by atoms with Gasteiger partial charge in [-0.1, -0.05) is 12.1 Å². The second-order valence-electron chi connectivity index (χ2n) is 7.88. The summed E-state index contributed by atoms with van der Waals surface area (Å²) in [5, 5.41) is 46.7. The molecule has 0 aliphatic rings. The number of carboxylic acids is 3. The van der Waals surface area contributed by atoms with Gasteiger partial charge in [0.2, 0.25) is 0 Å². The van der Waals surface area contributed by atoms with Crippen molar-refractivity contribution in [1.29, 1.82) is 0 Å². The van der Waals surface area contributed by atoms with Crippen LogP contribution in [0.15, 0.2) is 73.1 Å². The minimum atomic E-state index is -1.08. The quantitative estimate of drug-likeness (QED) is 0.312. The number of ether oxygens (including phenoxy) is 1. The summed E-state index contributed by atoms with van der Waals surface area (Å²) >= 11 is 0. The van der Waals surface area contributed by atoms with Crippen molar-refractivity contribution in [3.05, 3.63) is 78.9 Å². The number of hydrogen-bond acceptors (Lipinski definition) is 11. The second kappa shape index (κ2) is 18.4. The van der Waals surface area contributed by atoms with Crippen molar-refractivity contribution in [1.82, 2.24) is 9.97 Å². The van der Waals surface area contributed by atoms with Crippen molar-refractivity contribution in [2.45, 2.75) is 20.8 Å². The van der Waals surface area contributed by atoms with Gasteiger partial charge in [-0.2, -0.15) is 0 Å². The molecule has 0 saturated carbocycles. The first-order valence-electron chi connectivity index (χ1n) is 11.6. The summed E-state index contributed by atoms with van der Waals surface area (Å²) in [5.74, 6) is -2.92. The molecule has 42 heavy (non-hydrogen) atoms. The number of hydrogen-bond donors (Lipinski definition) is 2. The van der Waals surface area contributed by atoms with Gasteiger partial charge in [0.25, 0.3) is 0 Å². The van der Waals surface area contributed by atoms with E-state index in [1.807, 2.05) is 6.07 Å². The molecule has 0 fully saturated rings. The molecule has 0 saturated heterocycles. The molecule has 2 heterocycles. The van der Waals surface area contributed by atoms with Gasteiger partial charge in [-0.25, -0.2) is 4.39 Å². The predicted molar refractivity (Wildman–Crippen MR) is 140 cm³/mol. The van der Waals surface area contributed by atoms with Crippen molar-refractivity contribution >= 4 is 17.9 Å². The van der Waals surface area contributed by atoms with E-state index >= 15 is 0 Å². The van der Waals surface area contributed by atoms with Crippen molar-refractivity contribution in [3.8, 4) is 50.9 Å². The van der Waals surface area contributed by atoms with E-state index in [1.54, 1.807) is 55.9 Å². The Kier molecular flexibility index (Phi) is 16.2. The van der Waals surface area contributed by atoms with E-state index in [-0.39, 0.29) is 28.6 Å². The molecule has 2 aromatic carbocycles. The van der Waals surface area contributed by atoms with Gasteiger partial charge >= 0.3 is 17.1 Å². The number of carbonyl (C=O) groups is 3. The first-order valence-corrected chi connectivity index (χ1v) is 11.6. The summed E-state index contributed by atoms with van der Waals surface area (Å²) in [6.45, 7) is 2.92. The first-order chi connectivity index (χ1) is 19.2. The zero-order valence-electron chi connectivity index (χ0n) is 22.8. The maximum atomic E-state index is 13.5. The topological polar surface area (TPSA) is 196 Å². The number of halogens is 1. The van der Waals surface area contributed by atoms with Crippen LogP contribution in [0.1, 0.15) is 20.8 Å². The maximum Gasteiger partial charge on any atom is 3.00 e. The molecule has 0 atom stereocenters. The van der Waals surface area contributed by atoms with Crippen molar-refractivity contribution in [2.75, 3.05) is 7.11 Å². The molecular weight excluding hydrogens is 594 g/mol. The number of aliphatic carboxylic acids is 3.